The van der Waals surface area contributed by atoms with Crippen LogP contribution in [0.2, 0.25) is 5.02 Å². The van der Waals surface area contributed by atoms with Gasteiger partial charge in [-0.3, -0.25) is 15.0 Å². The van der Waals surface area contributed by atoms with Gasteiger partial charge < -0.3 is 5.32 Å². The fourth-order valence-electron chi connectivity index (χ4n) is 2.83. The first kappa shape index (κ1) is 16.8. The minimum absolute atomic E-state index is 0.0469. The zero-order valence-corrected chi connectivity index (χ0v) is 14.1. The third-order valence-corrected chi connectivity index (χ3v) is 4.33. The van der Waals surface area contributed by atoms with Crippen LogP contribution in [0.25, 0.3) is 0 Å². The summed E-state index contributed by atoms with van der Waals surface area (Å²) in [5, 5.41) is 14.9. The number of allylic oxidation sites excluding steroid dienone is 1. The number of rotatable bonds is 3. The van der Waals surface area contributed by atoms with E-state index in [-0.39, 0.29) is 22.7 Å². The van der Waals surface area contributed by atoms with E-state index in [1.54, 1.807) is 0 Å². The molecule has 22 heavy (non-hydrogen) atoms. The largest absolute Gasteiger partial charge is 0.378 e. The summed E-state index contributed by atoms with van der Waals surface area (Å²) in [7, 11) is 0. The van der Waals surface area contributed by atoms with Gasteiger partial charge in [-0.05, 0) is 33.8 Å². The second kappa shape index (κ2) is 6.67. The predicted octanol–water partition coefficient (Wildman–Crippen LogP) is 4.39. The van der Waals surface area contributed by atoms with Crippen LogP contribution in [0.15, 0.2) is 23.8 Å². The molecule has 1 heterocycles. The highest BCUT2D eigenvalue weighted by molar-refractivity contribution is 6.31. The molecule has 2 rings (SSSR count). The second-order valence-electron chi connectivity index (χ2n) is 6.03. The Balaban J connectivity index is 2.48. The van der Waals surface area contributed by atoms with Gasteiger partial charge in [0.1, 0.15) is 5.69 Å². The first-order chi connectivity index (χ1) is 10.3. The third-order valence-electron chi connectivity index (χ3n) is 4.11. The Bertz CT molecular complexity index is 612. The van der Waals surface area contributed by atoms with E-state index in [0.717, 1.165) is 12.1 Å². The molecule has 0 bridgehead atoms. The molecule has 1 N–H and O–H groups in total. The molecule has 1 aliphatic heterocycles. The van der Waals surface area contributed by atoms with Crippen molar-refractivity contribution in [3.8, 4) is 0 Å². The number of hydrogen-bond acceptors (Lipinski definition) is 4. The van der Waals surface area contributed by atoms with E-state index in [2.05, 4.69) is 44.0 Å². The van der Waals surface area contributed by atoms with Crippen molar-refractivity contribution in [2.45, 2.75) is 39.8 Å². The topological polar surface area (TPSA) is 58.4 Å². The van der Waals surface area contributed by atoms with Crippen LogP contribution in [-0.4, -0.2) is 29.0 Å². The molecular weight excluding hydrogens is 302 g/mol. The molecule has 0 saturated carbocycles. The fraction of sp³-hybridized carbons (Fsp3) is 0.500. The van der Waals surface area contributed by atoms with Gasteiger partial charge in [0.25, 0.3) is 5.69 Å². The highest BCUT2D eigenvalue weighted by atomic mass is 35.5. The van der Waals surface area contributed by atoms with Crippen molar-refractivity contribution >= 4 is 23.0 Å². The minimum atomic E-state index is -0.374. The maximum Gasteiger partial charge on any atom is 0.294 e. The standard InChI is InChI=1S/C16H22ClN3O2/c1-10(2)5-6-19-11(3)9-18-16-14(12(19)4)7-13(17)8-15(16)20(21)22/h5,7-8,11-12,18H,6,9H2,1-4H3/t11-,12-/m1/s1. The van der Waals surface area contributed by atoms with Gasteiger partial charge >= 0.3 is 0 Å². The summed E-state index contributed by atoms with van der Waals surface area (Å²) >= 11 is 6.09. The molecule has 0 spiro atoms. The van der Waals surface area contributed by atoms with Crippen molar-refractivity contribution in [3.05, 3.63) is 44.5 Å². The summed E-state index contributed by atoms with van der Waals surface area (Å²) in [4.78, 5) is 13.3. The molecule has 0 radical (unpaired) electrons. The Labute approximate surface area is 136 Å². The van der Waals surface area contributed by atoms with Crippen LogP contribution in [-0.2, 0) is 0 Å². The number of hydrogen-bond donors (Lipinski definition) is 1. The summed E-state index contributed by atoms with van der Waals surface area (Å²) in [6, 6.07) is 3.55. The average molecular weight is 324 g/mol. The number of nitrogens with one attached hydrogen (secondary N) is 1. The lowest BCUT2D eigenvalue weighted by molar-refractivity contribution is -0.384. The molecular formula is C16H22ClN3O2. The van der Waals surface area contributed by atoms with Gasteiger partial charge in [-0.25, -0.2) is 0 Å². The van der Waals surface area contributed by atoms with E-state index < -0.39 is 0 Å². The highest BCUT2D eigenvalue weighted by Crippen LogP contribution is 2.40. The maximum absolute atomic E-state index is 11.3. The number of nitro groups is 1. The molecule has 1 aliphatic rings. The van der Waals surface area contributed by atoms with E-state index in [1.807, 2.05) is 6.07 Å². The lowest BCUT2D eigenvalue weighted by Crippen LogP contribution is -2.37. The zero-order chi connectivity index (χ0) is 16.4. The van der Waals surface area contributed by atoms with Gasteiger partial charge in [-0.15, -0.1) is 0 Å². The Hall–Kier alpha value is -1.59. The zero-order valence-electron chi connectivity index (χ0n) is 13.4. The van der Waals surface area contributed by atoms with Crippen molar-refractivity contribution in [3.63, 3.8) is 0 Å². The first-order valence-electron chi connectivity index (χ1n) is 7.42. The first-order valence-corrected chi connectivity index (χ1v) is 7.80. The molecule has 1 aromatic carbocycles. The number of halogens is 1. The molecule has 0 saturated heterocycles. The summed E-state index contributed by atoms with van der Waals surface area (Å²) in [6.07, 6.45) is 2.18. The van der Waals surface area contributed by atoms with Crippen LogP contribution in [0.3, 0.4) is 0 Å². The molecule has 0 aliphatic carbocycles. The Morgan fingerprint density at radius 2 is 2.18 bits per heavy atom. The van der Waals surface area contributed by atoms with Gasteiger partial charge in [-0.1, -0.05) is 23.3 Å². The van der Waals surface area contributed by atoms with Crippen molar-refractivity contribution in [1.82, 2.24) is 4.90 Å². The Morgan fingerprint density at radius 3 is 2.77 bits per heavy atom. The quantitative estimate of drug-likeness (QED) is 0.509. The summed E-state index contributed by atoms with van der Waals surface area (Å²) in [5.41, 5.74) is 2.78. The maximum atomic E-state index is 11.3. The van der Waals surface area contributed by atoms with Crippen molar-refractivity contribution < 1.29 is 4.92 Å². The van der Waals surface area contributed by atoms with Crippen molar-refractivity contribution in [2.24, 2.45) is 0 Å². The normalized spacial score (nSPS) is 21.5. The molecule has 0 amide bonds. The fourth-order valence-corrected chi connectivity index (χ4v) is 3.05. The van der Waals surface area contributed by atoms with Gasteiger partial charge in [0, 0.05) is 41.8 Å². The Morgan fingerprint density at radius 1 is 1.50 bits per heavy atom. The highest BCUT2D eigenvalue weighted by Gasteiger charge is 2.30. The van der Waals surface area contributed by atoms with E-state index in [4.69, 9.17) is 11.6 Å². The van der Waals surface area contributed by atoms with Crippen LogP contribution >= 0.6 is 11.6 Å². The smallest absolute Gasteiger partial charge is 0.294 e. The molecule has 5 nitrogen and oxygen atoms in total. The summed E-state index contributed by atoms with van der Waals surface area (Å²) in [5.74, 6) is 0. The van der Waals surface area contributed by atoms with Crippen molar-refractivity contribution in [2.75, 3.05) is 18.4 Å². The number of benzene rings is 1. The second-order valence-corrected chi connectivity index (χ2v) is 6.47. The van der Waals surface area contributed by atoms with E-state index in [9.17, 15) is 10.1 Å². The molecule has 0 fully saturated rings. The molecule has 0 aromatic heterocycles. The summed E-state index contributed by atoms with van der Waals surface area (Å²) < 4.78 is 0. The Kier molecular flexibility index (Phi) is 5.08. The number of fused-ring (bicyclic) bond motifs is 1. The monoisotopic (exact) mass is 323 g/mol. The molecule has 6 heteroatoms. The van der Waals surface area contributed by atoms with Gasteiger partial charge in [0.2, 0.25) is 0 Å². The van der Waals surface area contributed by atoms with Crippen LogP contribution in [0, 0.1) is 10.1 Å². The van der Waals surface area contributed by atoms with E-state index >= 15 is 0 Å². The van der Waals surface area contributed by atoms with Gasteiger partial charge in [0.05, 0.1) is 4.92 Å². The summed E-state index contributed by atoms with van der Waals surface area (Å²) in [6.45, 7) is 9.81. The minimum Gasteiger partial charge on any atom is -0.378 e. The van der Waals surface area contributed by atoms with Crippen molar-refractivity contribution in [1.29, 1.82) is 0 Å². The third kappa shape index (κ3) is 3.42. The molecule has 120 valence electrons. The van der Waals surface area contributed by atoms with E-state index in [0.29, 0.717) is 17.3 Å². The van der Waals surface area contributed by atoms with E-state index in [1.165, 1.54) is 11.6 Å². The average Bonchev–Trinajstić information content (AvgIpc) is 2.54. The van der Waals surface area contributed by atoms with Gasteiger partial charge in [-0.2, -0.15) is 0 Å². The number of nitro benzene ring substituents is 1. The van der Waals surface area contributed by atoms with Crippen LogP contribution in [0.4, 0.5) is 11.4 Å². The van der Waals surface area contributed by atoms with Crippen LogP contribution in [0.5, 0.6) is 0 Å². The number of nitrogens with zero attached hydrogens (tertiary/aromatic N) is 2. The van der Waals surface area contributed by atoms with Crippen LogP contribution in [0.1, 0.15) is 39.3 Å². The lowest BCUT2D eigenvalue weighted by atomic mass is 10.0. The molecule has 1 aromatic rings. The predicted molar refractivity (Wildman–Crippen MR) is 90.6 cm³/mol. The molecule has 0 unspecified atom stereocenters. The number of anilines is 1. The lowest BCUT2D eigenvalue weighted by Gasteiger charge is -2.31. The van der Waals surface area contributed by atoms with Gasteiger partial charge in [0.15, 0.2) is 0 Å². The van der Waals surface area contributed by atoms with Crippen LogP contribution < -0.4 is 5.32 Å². The molecule has 2 atom stereocenters. The SMILES string of the molecule is CC(C)=CCN1[C@H](C)CNc2c(cc(Cl)cc2[N+](=O)[O-])[C@H]1C.